The van der Waals surface area contributed by atoms with Gasteiger partial charge in [-0.15, -0.1) is 5.46 Å². The predicted octanol–water partition coefficient (Wildman–Crippen LogP) is 1.99. The van der Waals surface area contributed by atoms with E-state index in [2.05, 4.69) is 0 Å². The summed E-state index contributed by atoms with van der Waals surface area (Å²) in [5, 5.41) is 0.244. The molecule has 0 radical (unpaired) electrons. The summed E-state index contributed by atoms with van der Waals surface area (Å²) in [5.41, 5.74) is 4.52. The van der Waals surface area contributed by atoms with Crippen molar-refractivity contribution in [3.8, 4) is 0 Å². The summed E-state index contributed by atoms with van der Waals surface area (Å²) in [6.45, 7) is -5.11. The van der Waals surface area contributed by atoms with Crippen molar-refractivity contribution in [3.63, 3.8) is 0 Å². The second kappa shape index (κ2) is 3.80. The van der Waals surface area contributed by atoms with Gasteiger partial charge in [-0.25, -0.2) is 0 Å². The third-order valence-electron chi connectivity index (χ3n) is 2.58. The van der Waals surface area contributed by atoms with Gasteiger partial charge in [0.1, 0.15) is 0 Å². The van der Waals surface area contributed by atoms with E-state index in [1.54, 1.807) is 6.07 Å². The van der Waals surface area contributed by atoms with E-state index < -0.39 is 18.3 Å². The molecule has 0 unspecified atom stereocenters. The van der Waals surface area contributed by atoms with Crippen LogP contribution in [0.4, 0.5) is 12.9 Å². The van der Waals surface area contributed by atoms with E-state index in [1.165, 1.54) is 18.2 Å². The number of hydrogen-bond acceptors (Lipinski definition) is 1. The molecule has 0 saturated heterocycles. The van der Waals surface area contributed by atoms with Gasteiger partial charge in [-0.05, 0) is 10.8 Å². The Hall–Kier alpha value is -1.98. The van der Waals surface area contributed by atoms with E-state index in [0.29, 0.717) is 0 Å². The average Bonchev–Trinajstić information content (AvgIpc) is 2.26. The van der Waals surface area contributed by atoms with Crippen LogP contribution in [0, 0.1) is 0 Å². The summed E-state index contributed by atoms with van der Waals surface area (Å²) >= 11 is 0. The average molecular weight is 238 g/mol. The fraction of sp³-hybridized carbons (Fsp3) is 0. The van der Waals surface area contributed by atoms with Crippen LogP contribution in [0.3, 0.4) is 0 Å². The summed E-state index contributed by atoms with van der Waals surface area (Å²) in [7, 11) is 0. The van der Waals surface area contributed by atoms with Crippen LogP contribution in [-0.4, -0.2) is 12.9 Å². The third-order valence-corrected chi connectivity index (χ3v) is 2.58. The van der Waals surface area contributed by atoms with E-state index in [1.807, 2.05) is 0 Å². The highest BCUT2D eigenvalue weighted by Gasteiger charge is 2.28. The van der Waals surface area contributed by atoms with E-state index in [0.717, 1.165) is 12.1 Å². The first kappa shape index (κ1) is 11.5. The van der Waals surface area contributed by atoms with Gasteiger partial charge in [0.15, 0.2) is 0 Å². The van der Waals surface area contributed by atoms with Gasteiger partial charge in [0, 0.05) is 5.56 Å². The van der Waals surface area contributed by atoms with Gasteiger partial charge in [0.25, 0.3) is 0 Å². The fourth-order valence-electron chi connectivity index (χ4n) is 1.82. The Balaban J connectivity index is 2.85. The highest BCUT2D eigenvalue weighted by Crippen LogP contribution is 2.21. The molecule has 0 spiro atoms. The van der Waals surface area contributed by atoms with E-state index in [-0.39, 0.29) is 16.3 Å². The summed E-state index contributed by atoms with van der Waals surface area (Å²) < 4.78 is 38.4. The first-order valence-electron chi connectivity index (χ1n) is 4.92. The zero-order valence-corrected chi connectivity index (χ0v) is 8.66. The van der Waals surface area contributed by atoms with E-state index >= 15 is 0 Å². The number of fused-ring (bicyclic) bond motifs is 1. The van der Waals surface area contributed by atoms with E-state index in [4.69, 9.17) is 5.73 Å². The summed E-state index contributed by atoms with van der Waals surface area (Å²) in [5.74, 6) is -0.734. The van der Waals surface area contributed by atoms with Crippen molar-refractivity contribution in [2.75, 3.05) is 0 Å². The Bertz CT molecular complexity index is 595. The minimum absolute atomic E-state index is 0.0105. The summed E-state index contributed by atoms with van der Waals surface area (Å²) in [4.78, 5) is 11.1. The monoisotopic (exact) mass is 238 g/mol. The zero-order valence-electron chi connectivity index (χ0n) is 8.66. The van der Waals surface area contributed by atoms with Gasteiger partial charge in [-0.3, -0.25) is 4.79 Å². The molecule has 0 aliphatic carbocycles. The number of primary amides is 1. The maximum Gasteiger partial charge on any atom is 0.510 e. The molecular weight excluding hydrogens is 230 g/mol. The lowest BCUT2D eigenvalue weighted by Crippen LogP contribution is -2.35. The van der Waals surface area contributed by atoms with Gasteiger partial charge in [0.2, 0.25) is 5.91 Å². The molecule has 2 aromatic rings. The molecule has 0 aromatic heterocycles. The number of amides is 1. The lowest BCUT2D eigenvalue weighted by atomic mass is 9.76. The van der Waals surface area contributed by atoms with Gasteiger partial charge >= 0.3 is 6.98 Å². The summed E-state index contributed by atoms with van der Waals surface area (Å²) in [6, 6.07) is 7.89. The number of carbonyl (C=O) groups is 1. The first-order valence-corrected chi connectivity index (χ1v) is 4.92. The van der Waals surface area contributed by atoms with Gasteiger partial charge in [0.05, 0.1) is 0 Å². The lowest BCUT2D eigenvalue weighted by Gasteiger charge is -2.18. The highest BCUT2D eigenvalue weighted by molar-refractivity contribution is 6.76. The predicted molar refractivity (Wildman–Crippen MR) is 61.2 cm³/mol. The Morgan fingerprint density at radius 1 is 1.00 bits per heavy atom. The molecule has 0 aliphatic rings. The van der Waals surface area contributed by atoms with Crippen molar-refractivity contribution in [1.82, 2.24) is 0 Å². The van der Waals surface area contributed by atoms with Crippen LogP contribution in [0.25, 0.3) is 10.8 Å². The zero-order chi connectivity index (χ0) is 12.6. The van der Waals surface area contributed by atoms with Gasteiger partial charge in [-0.1, -0.05) is 36.4 Å². The van der Waals surface area contributed by atoms with Crippen molar-refractivity contribution in [2.24, 2.45) is 5.73 Å². The molecular formula is C11H8BF3NO-. The number of nitrogens with two attached hydrogens (primary N) is 1. The molecule has 2 aromatic carbocycles. The largest absolute Gasteiger partial charge is 0.510 e. The number of halogens is 3. The molecule has 0 saturated carbocycles. The minimum atomic E-state index is -5.11. The molecule has 2 rings (SSSR count). The molecule has 0 fully saturated rings. The minimum Gasteiger partial charge on any atom is -0.445 e. The summed E-state index contributed by atoms with van der Waals surface area (Å²) in [6.07, 6.45) is 0. The Morgan fingerprint density at radius 3 is 2.12 bits per heavy atom. The number of hydrogen-bond donors (Lipinski definition) is 1. The molecule has 6 heteroatoms. The van der Waals surface area contributed by atoms with Crippen LogP contribution >= 0.6 is 0 Å². The van der Waals surface area contributed by atoms with Gasteiger partial charge in [-0.2, -0.15) is 0 Å². The van der Waals surface area contributed by atoms with Crippen molar-refractivity contribution in [2.45, 2.75) is 0 Å². The molecule has 1 amide bonds. The molecule has 0 aliphatic heterocycles. The number of benzene rings is 2. The van der Waals surface area contributed by atoms with Crippen LogP contribution in [0.1, 0.15) is 10.4 Å². The maximum absolute atomic E-state index is 12.8. The second-order valence-electron chi connectivity index (χ2n) is 3.69. The van der Waals surface area contributed by atoms with Gasteiger partial charge < -0.3 is 18.7 Å². The normalized spacial score (nSPS) is 11.7. The molecule has 17 heavy (non-hydrogen) atoms. The molecule has 0 heterocycles. The lowest BCUT2D eigenvalue weighted by molar-refractivity contribution is 0.100. The quantitative estimate of drug-likeness (QED) is 0.798. The van der Waals surface area contributed by atoms with Crippen LogP contribution in [0.2, 0.25) is 0 Å². The van der Waals surface area contributed by atoms with Crippen LogP contribution in [0.5, 0.6) is 0 Å². The fourth-order valence-corrected chi connectivity index (χ4v) is 1.82. The molecule has 88 valence electrons. The number of rotatable bonds is 2. The molecule has 2 nitrogen and oxygen atoms in total. The number of carbonyl (C=O) groups excluding carboxylic acids is 1. The maximum atomic E-state index is 12.8. The highest BCUT2D eigenvalue weighted by atomic mass is 19.4. The molecule has 2 N–H and O–H groups in total. The second-order valence-corrected chi connectivity index (χ2v) is 3.69. The Morgan fingerprint density at radius 2 is 1.59 bits per heavy atom. The topological polar surface area (TPSA) is 43.1 Å². The molecule has 0 bridgehead atoms. The van der Waals surface area contributed by atoms with Crippen LogP contribution in [-0.2, 0) is 0 Å². The van der Waals surface area contributed by atoms with Crippen molar-refractivity contribution >= 4 is 29.1 Å². The standard InChI is InChI=1S/C11H8BF3NO/c13-12(14,15)10-6-5-9(11(16)17)7-3-1-2-4-8(7)10/h1-6H,(H2,16,17)/q-1. The van der Waals surface area contributed by atoms with Crippen LogP contribution in [0.15, 0.2) is 36.4 Å². The van der Waals surface area contributed by atoms with E-state index in [9.17, 15) is 17.7 Å². The first-order chi connectivity index (χ1) is 7.91. The Kier molecular flexibility index (Phi) is 2.57. The van der Waals surface area contributed by atoms with Crippen molar-refractivity contribution in [1.29, 1.82) is 0 Å². The smallest absolute Gasteiger partial charge is 0.445 e. The SMILES string of the molecule is NC(=O)c1ccc([B-](F)(F)F)c2ccccc12. The molecule has 0 atom stereocenters. The Labute approximate surface area is 95.3 Å². The van der Waals surface area contributed by atoms with Crippen molar-refractivity contribution < 1.29 is 17.7 Å². The third kappa shape index (κ3) is 1.98. The van der Waals surface area contributed by atoms with Crippen LogP contribution < -0.4 is 11.2 Å². The van der Waals surface area contributed by atoms with Crippen molar-refractivity contribution in [3.05, 3.63) is 42.0 Å².